The molecule has 1 saturated carbocycles. The molecule has 164 valence electrons. The van der Waals surface area contributed by atoms with Gasteiger partial charge in [0.05, 0.1) is 6.61 Å². The number of aromatic nitrogens is 2. The molecule has 4 nitrogen and oxygen atoms in total. The van der Waals surface area contributed by atoms with Crippen molar-refractivity contribution in [3.63, 3.8) is 0 Å². The number of rotatable bonds is 16. The van der Waals surface area contributed by atoms with Crippen molar-refractivity contribution in [2.75, 3.05) is 19.8 Å². The molecule has 0 bridgehead atoms. The summed E-state index contributed by atoms with van der Waals surface area (Å²) in [5.41, 5.74) is 2.26. The predicted molar refractivity (Wildman–Crippen MR) is 123 cm³/mol. The van der Waals surface area contributed by atoms with Crippen molar-refractivity contribution in [2.45, 2.75) is 77.6 Å². The molecule has 1 aromatic carbocycles. The van der Waals surface area contributed by atoms with E-state index in [0.717, 1.165) is 62.1 Å². The van der Waals surface area contributed by atoms with Gasteiger partial charge in [-0.1, -0.05) is 39.0 Å². The molecule has 4 heteroatoms. The van der Waals surface area contributed by atoms with Crippen LogP contribution in [0, 0.1) is 5.92 Å². The molecule has 1 heterocycles. The molecule has 0 unspecified atom stereocenters. The molecule has 0 amide bonds. The van der Waals surface area contributed by atoms with Gasteiger partial charge in [-0.25, -0.2) is 9.97 Å². The Balaban J connectivity index is 1.31. The van der Waals surface area contributed by atoms with E-state index in [4.69, 9.17) is 9.47 Å². The Hall–Kier alpha value is -1.94. The number of hydrogen-bond donors (Lipinski definition) is 0. The number of aryl methyl sites for hydroxylation is 1. The third kappa shape index (κ3) is 8.83. The Labute approximate surface area is 182 Å². The number of nitrogens with zero attached hydrogens (tertiary/aromatic N) is 2. The highest BCUT2D eigenvalue weighted by Crippen LogP contribution is 2.28. The lowest BCUT2D eigenvalue weighted by Crippen LogP contribution is -2.02. The summed E-state index contributed by atoms with van der Waals surface area (Å²) in [7, 11) is 0. The van der Waals surface area contributed by atoms with Crippen molar-refractivity contribution in [1.29, 1.82) is 0 Å². The van der Waals surface area contributed by atoms with Gasteiger partial charge in [-0.05, 0) is 74.3 Å². The predicted octanol–water partition coefficient (Wildman–Crippen LogP) is 6.63. The lowest BCUT2D eigenvalue weighted by molar-refractivity contribution is 0.117. The highest BCUT2D eigenvalue weighted by molar-refractivity contribution is 5.55. The summed E-state index contributed by atoms with van der Waals surface area (Å²) in [6, 6.07) is 8.09. The minimum Gasteiger partial charge on any atom is -0.494 e. The maximum atomic E-state index is 5.84. The van der Waals surface area contributed by atoms with E-state index in [0.29, 0.717) is 0 Å². The first-order valence-electron chi connectivity index (χ1n) is 12.0. The van der Waals surface area contributed by atoms with E-state index in [1.165, 1.54) is 56.9 Å². The van der Waals surface area contributed by atoms with Crippen molar-refractivity contribution in [3.8, 4) is 17.1 Å². The quantitative estimate of drug-likeness (QED) is 0.291. The first-order chi connectivity index (χ1) is 14.8. The van der Waals surface area contributed by atoms with E-state index in [1.807, 2.05) is 36.7 Å². The van der Waals surface area contributed by atoms with Crippen LogP contribution >= 0.6 is 0 Å². The molecule has 2 aromatic rings. The van der Waals surface area contributed by atoms with Gasteiger partial charge in [0.15, 0.2) is 5.82 Å². The fourth-order valence-electron chi connectivity index (χ4n) is 3.47. The summed E-state index contributed by atoms with van der Waals surface area (Å²) in [6.07, 6.45) is 17.7. The molecule has 3 rings (SSSR count). The summed E-state index contributed by atoms with van der Waals surface area (Å²) in [6.45, 7) is 4.79. The van der Waals surface area contributed by atoms with Crippen LogP contribution in [0.5, 0.6) is 5.75 Å². The maximum absolute atomic E-state index is 5.84. The topological polar surface area (TPSA) is 44.2 Å². The molecule has 1 aromatic heterocycles. The minimum atomic E-state index is 0.732. The number of hydrogen-bond acceptors (Lipinski definition) is 4. The molecular weight excluding hydrogens is 372 g/mol. The Morgan fingerprint density at radius 2 is 1.53 bits per heavy atom. The first-order valence-corrected chi connectivity index (χ1v) is 12.0. The normalized spacial score (nSPS) is 13.5. The van der Waals surface area contributed by atoms with Gasteiger partial charge in [0.1, 0.15) is 5.75 Å². The van der Waals surface area contributed by atoms with Crippen LogP contribution in [0.15, 0.2) is 36.7 Å². The van der Waals surface area contributed by atoms with E-state index in [2.05, 4.69) is 16.9 Å². The van der Waals surface area contributed by atoms with Crippen molar-refractivity contribution < 1.29 is 9.47 Å². The molecule has 0 N–H and O–H groups in total. The average molecular weight is 411 g/mol. The highest BCUT2D eigenvalue weighted by atomic mass is 16.5. The second kappa shape index (κ2) is 13.4. The smallest absolute Gasteiger partial charge is 0.159 e. The fourth-order valence-corrected chi connectivity index (χ4v) is 3.47. The molecule has 0 atom stereocenters. The van der Waals surface area contributed by atoms with Crippen LogP contribution in [-0.2, 0) is 11.2 Å². The standard InChI is InChI=1S/C26H38N2O2/c1-2-3-4-5-6-7-10-23-19-27-26(28-20-23)24-13-15-25(16-14-24)30-18-9-8-17-29-21-22-11-12-22/h13-16,19-20,22H,2-12,17-18,21H2,1H3. The lowest BCUT2D eigenvalue weighted by Gasteiger charge is -2.08. The third-order valence-electron chi connectivity index (χ3n) is 5.64. The van der Waals surface area contributed by atoms with Crippen molar-refractivity contribution in [2.24, 2.45) is 5.92 Å². The molecular formula is C26H38N2O2. The summed E-state index contributed by atoms with van der Waals surface area (Å²) < 4.78 is 11.5. The number of unbranched alkanes of at least 4 members (excludes halogenated alkanes) is 6. The largest absolute Gasteiger partial charge is 0.494 e. The molecule has 0 radical (unpaired) electrons. The zero-order valence-electron chi connectivity index (χ0n) is 18.7. The summed E-state index contributed by atoms with van der Waals surface area (Å²) in [5, 5.41) is 0. The minimum absolute atomic E-state index is 0.732. The van der Waals surface area contributed by atoms with Crippen molar-refractivity contribution >= 4 is 0 Å². The first kappa shape index (κ1) is 22.7. The highest BCUT2D eigenvalue weighted by Gasteiger charge is 2.20. The molecule has 1 fully saturated rings. The Kier molecular flexibility index (Phi) is 10.1. The molecule has 1 aliphatic carbocycles. The van der Waals surface area contributed by atoms with Gasteiger partial charge in [-0.15, -0.1) is 0 Å². The fraction of sp³-hybridized carbons (Fsp3) is 0.615. The molecule has 0 spiro atoms. The summed E-state index contributed by atoms with van der Waals surface area (Å²) in [4.78, 5) is 9.12. The second-order valence-corrected chi connectivity index (χ2v) is 8.53. The van der Waals surface area contributed by atoms with Gasteiger partial charge in [-0.3, -0.25) is 0 Å². The van der Waals surface area contributed by atoms with Crippen LogP contribution in [0.4, 0.5) is 0 Å². The lowest BCUT2D eigenvalue weighted by atomic mass is 10.1. The Bertz CT molecular complexity index is 696. The van der Waals surface area contributed by atoms with E-state index in [1.54, 1.807) is 0 Å². The van der Waals surface area contributed by atoms with Crippen molar-refractivity contribution in [3.05, 3.63) is 42.2 Å². The van der Waals surface area contributed by atoms with E-state index in [-0.39, 0.29) is 0 Å². The van der Waals surface area contributed by atoms with Crippen LogP contribution in [0.2, 0.25) is 0 Å². The molecule has 30 heavy (non-hydrogen) atoms. The van der Waals surface area contributed by atoms with Crippen LogP contribution in [-0.4, -0.2) is 29.8 Å². The van der Waals surface area contributed by atoms with Crippen LogP contribution in [0.1, 0.15) is 76.7 Å². The van der Waals surface area contributed by atoms with Gasteiger partial charge < -0.3 is 9.47 Å². The zero-order valence-corrected chi connectivity index (χ0v) is 18.7. The van der Waals surface area contributed by atoms with Gasteiger partial charge in [-0.2, -0.15) is 0 Å². The molecule has 0 saturated heterocycles. The zero-order chi connectivity index (χ0) is 20.9. The number of ether oxygens (including phenoxy) is 2. The van der Waals surface area contributed by atoms with Gasteiger partial charge in [0, 0.05) is 31.2 Å². The average Bonchev–Trinajstić information content (AvgIpc) is 3.61. The van der Waals surface area contributed by atoms with E-state index in [9.17, 15) is 0 Å². The third-order valence-corrected chi connectivity index (χ3v) is 5.64. The second-order valence-electron chi connectivity index (χ2n) is 8.53. The van der Waals surface area contributed by atoms with E-state index >= 15 is 0 Å². The SMILES string of the molecule is CCCCCCCCc1cnc(-c2ccc(OCCCCOCC3CC3)cc2)nc1. The summed E-state index contributed by atoms with van der Waals surface area (Å²) in [5.74, 6) is 2.53. The van der Waals surface area contributed by atoms with Crippen molar-refractivity contribution in [1.82, 2.24) is 9.97 Å². The van der Waals surface area contributed by atoms with Gasteiger partial charge >= 0.3 is 0 Å². The van der Waals surface area contributed by atoms with Gasteiger partial charge in [0.25, 0.3) is 0 Å². The van der Waals surface area contributed by atoms with Crippen LogP contribution in [0.25, 0.3) is 11.4 Å². The van der Waals surface area contributed by atoms with Crippen LogP contribution in [0.3, 0.4) is 0 Å². The molecule has 1 aliphatic rings. The van der Waals surface area contributed by atoms with E-state index < -0.39 is 0 Å². The number of benzene rings is 1. The Morgan fingerprint density at radius 3 is 2.27 bits per heavy atom. The monoisotopic (exact) mass is 410 g/mol. The summed E-state index contributed by atoms with van der Waals surface area (Å²) >= 11 is 0. The van der Waals surface area contributed by atoms with Gasteiger partial charge in [0.2, 0.25) is 0 Å². The molecule has 0 aliphatic heterocycles. The Morgan fingerprint density at radius 1 is 0.833 bits per heavy atom. The van der Waals surface area contributed by atoms with Crippen LogP contribution < -0.4 is 4.74 Å². The maximum Gasteiger partial charge on any atom is 0.159 e.